The molecule has 0 saturated heterocycles. The van der Waals surface area contributed by atoms with E-state index in [0.717, 1.165) is 44.4 Å². The monoisotopic (exact) mass is 669 g/mol. The van der Waals surface area contributed by atoms with Crippen LogP contribution in [0.25, 0.3) is 75.5 Å². The first-order valence-electron chi connectivity index (χ1n) is 17.3. The number of anilines is 3. The van der Waals surface area contributed by atoms with Gasteiger partial charge in [-0.3, -0.25) is 0 Å². The Balaban J connectivity index is 1.25. The summed E-state index contributed by atoms with van der Waals surface area (Å²) in [5.41, 5.74) is 12.2. The molecule has 0 radical (unpaired) electrons. The predicted octanol–water partition coefficient (Wildman–Crippen LogP) is 14.4. The Morgan fingerprint density at radius 1 is 0.392 bits per heavy atom. The lowest BCUT2D eigenvalue weighted by Crippen LogP contribution is -2.12. The van der Waals surface area contributed by atoms with E-state index < -0.39 is 0 Å². The van der Waals surface area contributed by atoms with Crippen LogP contribution in [0.3, 0.4) is 0 Å². The molecule has 0 amide bonds. The number of fused-ring (bicyclic) bond motifs is 6. The molecule has 10 aromatic rings. The molecular weight excluding hydrogens is 639 g/mol. The number of hydrogen-bond acceptors (Lipinski definition) is 3. The van der Waals surface area contributed by atoms with Crippen LogP contribution in [-0.2, 0) is 0 Å². The van der Waals surface area contributed by atoms with Gasteiger partial charge in [-0.1, -0.05) is 152 Å². The molecule has 2 nitrogen and oxygen atoms in total. The molecule has 0 unspecified atom stereocenters. The van der Waals surface area contributed by atoms with Crippen molar-refractivity contribution in [2.24, 2.45) is 0 Å². The van der Waals surface area contributed by atoms with E-state index in [1.54, 1.807) is 0 Å². The standard InChI is InChI=1S/C48H31NOS/c1-3-14-32(15-4-1)36-18-7-10-22-42(36)49(35-28-26-34(27-29-35)37-21-13-24-44-46(37)41-20-8-11-23-43(41)50-44)47-38(33-16-5-2-6-17-33)30-31-40-39-19-9-12-25-45(39)51-48(40)47/h1-31H. The Kier molecular flexibility index (Phi) is 7.04. The molecule has 0 aliphatic carbocycles. The topological polar surface area (TPSA) is 16.4 Å². The van der Waals surface area contributed by atoms with E-state index >= 15 is 0 Å². The lowest BCUT2D eigenvalue weighted by molar-refractivity contribution is 0.669. The van der Waals surface area contributed by atoms with Crippen molar-refractivity contribution in [2.45, 2.75) is 0 Å². The van der Waals surface area contributed by atoms with Gasteiger partial charge in [-0.15, -0.1) is 11.3 Å². The molecule has 0 aliphatic heterocycles. The molecule has 0 saturated carbocycles. The zero-order valence-electron chi connectivity index (χ0n) is 27.7. The summed E-state index contributed by atoms with van der Waals surface area (Å²) in [7, 11) is 0. The molecule has 0 atom stereocenters. The molecule has 0 spiro atoms. The third kappa shape index (κ3) is 4.93. The van der Waals surface area contributed by atoms with Crippen LogP contribution in [0.1, 0.15) is 0 Å². The molecule has 0 fully saturated rings. The Morgan fingerprint density at radius 2 is 1.00 bits per heavy atom. The maximum atomic E-state index is 6.26. The Labute approximate surface area is 300 Å². The van der Waals surface area contributed by atoms with Crippen LogP contribution in [0.4, 0.5) is 17.1 Å². The fourth-order valence-electron chi connectivity index (χ4n) is 7.57. The van der Waals surface area contributed by atoms with Gasteiger partial charge in [0.05, 0.1) is 16.1 Å². The lowest BCUT2D eigenvalue weighted by atomic mass is 9.96. The third-order valence-electron chi connectivity index (χ3n) is 9.90. The number of furan rings is 1. The van der Waals surface area contributed by atoms with Crippen LogP contribution in [0, 0.1) is 0 Å². The Morgan fingerprint density at radius 3 is 1.80 bits per heavy atom. The van der Waals surface area contributed by atoms with Crippen molar-refractivity contribution in [3.05, 3.63) is 188 Å². The predicted molar refractivity (Wildman–Crippen MR) is 218 cm³/mol. The number of rotatable bonds is 6. The van der Waals surface area contributed by atoms with Crippen molar-refractivity contribution in [2.75, 3.05) is 4.90 Å². The maximum Gasteiger partial charge on any atom is 0.136 e. The molecule has 0 bridgehead atoms. The van der Waals surface area contributed by atoms with Gasteiger partial charge in [0.15, 0.2) is 0 Å². The highest BCUT2D eigenvalue weighted by Crippen LogP contribution is 2.51. The van der Waals surface area contributed by atoms with Crippen molar-refractivity contribution in [1.29, 1.82) is 0 Å². The van der Waals surface area contributed by atoms with Crippen LogP contribution in [-0.4, -0.2) is 0 Å². The summed E-state index contributed by atoms with van der Waals surface area (Å²) in [6.07, 6.45) is 0. The second-order valence-corrected chi connectivity index (χ2v) is 13.9. The SMILES string of the molecule is c1ccc(-c2ccccc2N(c2ccc(-c3cccc4oc5ccccc5c34)cc2)c2c(-c3ccccc3)ccc3c2sc2ccccc23)cc1. The first-order chi connectivity index (χ1) is 25.3. The molecule has 3 heteroatoms. The summed E-state index contributed by atoms with van der Waals surface area (Å²) in [6, 6.07) is 67.4. The second kappa shape index (κ2) is 12.2. The average molecular weight is 670 g/mol. The number of benzene rings is 8. The van der Waals surface area contributed by atoms with Gasteiger partial charge in [-0.05, 0) is 58.7 Å². The van der Waals surface area contributed by atoms with Gasteiger partial charge in [0.1, 0.15) is 11.2 Å². The van der Waals surface area contributed by atoms with Crippen LogP contribution >= 0.6 is 11.3 Å². The highest BCUT2D eigenvalue weighted by molar-refractivity contribution is 7.26. The fraction of sp³-hybridized carbons (Fsp3) is 0. The molecule has 2 aromatic heterocycles. The Hall–Kier alpha value is -6.42. The van der Waals surface area contributed by atoms with Gasteiger partial charge in [-0.2, -0.15) is 0 Å². The summed E-state index contributed by atoms with van der Waals surface area (Å²) in [4.78, 5) is 2.49. The van der Waals surface area contributed by atoms with Crippen molar-refractivity contribution >= 4 is 70.5 Å². The number of para-hydroxylation sites is 2. The van der Waals surface area contributed by atoms with Gasteiger partial charge >= 0.3 is 0 Å². The summed E-state index contributed by atoms with van der Waals surface area (Å²) < 4.78 is 8.81. The van der Waals surface area contributed by atoms with Crippen LogP contribution in [0.5, 0.6) is 0 Å². The fourth-order valence-corrected chi connectivity index (χ4v) is 8.81. The minimum Gasteiger partial charge on any atom is -0.456 e. The smallest absolute Gasteiger partial charge is 0.136 e. The molecule has 8 aromatic carbocycles. The first kappa shape index (κ1) is 29.5. The molecule has 0 aliphatic rings. The number of nitrogens with zero attached hydrogens (tertiary/aromatic N) is 1. The largest absolute Gasteiger partial charge is 0.456 e. The zero-order valence-corrected chi connectivity index (χ0v) is 28.5. The summed E-state index contributed by atoms with van der Waals surface area (Å²) >= 11 is 1.87. The molecular formula is C48H31NOS. The van der Waals surface area contributed by atoms with E-state index in [1.165, 1.54) is 48.1 Å². The molecule has 51 heavy (non-hydrogen) atoms. The van der Waals surface area contributed by atoms with Crippen molar-refractivity contribution in [3.63, 3.8) is 0 Å². The first-order valence-corrected chi connectivity index (χ1v) is 18.1. The maximum absolute atomic E-state index is 6.26. The van der Waals surface area contributed by atoms with E-state index in [0.29, 0.717) is 0 Å². The van der Waals surface area contributed by atoms with Crippen molar-refractivity contribution in [3.8, 4) is 33.4 Å². The van der Waals surface area contributed by atoms with Crippen LogP contribution in [0.15, 0.2) is 192 Å². The van der Waals surface area contributed by atoms with E-state index in [2.05, 4.69) is 181 Å². The van der Waals surface area contributed by atoms with Gasteiger partial charge < -0.3 is 9.32 Å². The van der Waals surface area contributed by atoms with E-state index in [4.69, 9.17) is 4.42 Å². The molecule has 0 N–H and O–H groups in total. The minimum absolute atomic E-state index is 0.903. The van der Waals surface area contributed by atoms with Crippen LogP contribution in [0.2, 0.25) is 0 Å². The Bertz CT molecular complexity index is 2850. The zero-order chi connectivity index (χ0) is 33.7. The van der Waals surface area contributed by atoms with Crippen molar-refractivity contribution < 1.29 is 4.42 Å². The highest BCUT2D eigenvalue weighted by Gasteiger charge is 2.25. The number of hydrogen-bond donors (Lipinski definition) is 0. The van der Waals surface area contributed by atoms with Gasteiger partial charge in [0.2, 0.25) is 0 Å². The van der Waals surface area contributed by atoms with Gasteiger partial charge in [0, 0.05) is 43.1 Å². The second-order valence-electron chi connectivity index (χ2n) is 12.8. The quantitative estimate of drug-likeness (QED) is 0.175. The van der Waals surface area contributed by atoms with E-state index in [1.807, 2.05) is 23.5 Å². The summed E-state index contributed by atoms with van der Waals surface area (Å²) in [5, 5.41) is 4.83. The minimum atomic E-state index is 0.903. The molecule has 2 heterocycles. The normalized spacial score (nSPS) is 11.5. The third-order valence-corrected chi connectivity index (χ3v) is 11.1. The molecule has 240 valence electrons. The number of thiophene rings is 1. The van der Waals surface area contributed by atoms with E-state index in [9.17, 15) is 0 Å². The van der Waals surface area contributed by atoms with Gasteiger partial charge in [0.25, 0.3) is 0 Å². The highest BCUT2D eigenvalue weighted by atomic mass is 32.1. The lowest BCUT2D eigenvalue weighted by Gasteiger charge is -2.30. The molecule has 10 rings (SSSR count). The van der Waals surface area contributed by atoms with Crippen molar-refractivity contribution in [1.82, 2.24) is 0 Å². The average Bonchev–Trinajstić information content (AvgIpc) is 3.78. The van der Waals surface area contributed by atoms with Gasteiger partial charge in [-0.25, -0.2) is 0 Å². The van der Waals surface area contributed by atoms with Crippen LogP contribution < -0.4 is 4.90 Å². The summed E-state index contributed by atoms with van der Waals surface area (Å²) in [5.74, 6) is 0. The van der Waals surface area contributed by atoms with E-state index in [-0.39, 0.29) is 0 Å². The summed E-state index contributed by atoms with van der Waals surface area (Å²) in [6.45, 7) is 0.